The van der Waals surface area contributed by atoms with E-state index in [2.05, 4.69) is 0 Å². The fourth-order valence-corrected chi connectivity index (χ4v) is 1.47. The van der Waals surface area contributed by atoms with E-state index in [1.807, 2.05) is 13.8 Å². The largest absolute Gasteiger partial charge is 0.392 e. The second kappa shape index (κ2) is 2.51. The van der Waals surface area contributed by atoms with Crippen molar-refractivity contribution in [1.29, 1.82) is 0 Å². The van der Waals surface area contributed by atoms with Crippen molar-refractivity contribution in [3.05, 3.63) is 0 Å². The second-order valence-electron chi connectivity index (χ2n) is 3.78. The molecule has 1 rings (SSSR count). The second-order valence-corrected chi connectivity index (χ2v) is 3.78. The van der Waals surface area contributed by atoms with Crippen LogP contribution in [0.1, 0.15) is 33.1 Å². The van der Waals surface area contributed by atoms with Gasteiger partial charge < -0.3 is 10.2 Å². The highest BCUT2D eigenvalue weighted by Gasteiger charge is 2.37. The smallest absolute Gasteiger partial charge is 0.0615 e. The number of aliphatic hydroxyl groups is 2. The molecule has 2 nitrogen and oxygen atoms in total. The first-order chi connectivity index (χ1) is 4.55. The molecule has 60 valence electrons. The van der Waals surface area contributed by atoms with Crippen molar-refractivity contribution in [2.24, 2.45) is 5.41 Å². The molecule has 0 aliphatic heterocycles. The standard InChI is InChI=1S/C8H16O2/c1-8(2)6(9)4-3-5-7(8)10/h6-7,9-10H,3-5H2,1-2H3. The average molecular weight is 144 g/mol. The summed E-state index contributed by atoms with van der Waals surface area (Å²) in [6, 6.07) is 0. The van der Waals surface area contributed by atoms with E-state index in [1.165, 1.54) is 0 Å². The molecule has 1 aliphatic carbocycles. The molecule has 1 fully saturated rings. The molecule has 2 unspecified atom stereocenters. The normalized spacial score (nSPS) is 39.6. The van der Waals surface area contributed by atoms with Gasteiger partial charge in [-0.15, -0.1) is 0 Å². The molecule has 2 heteroatoms. The van der Waals surface area contributed by atoms with Gasteiger partial charge in [0, 0.05) is 5.41 Å². The van der Waals surface area contributed by atoms with Crippen molar-refractivity contribution < 1.29 is 10.2 Å². The van der Waals surface area contributed by atoms with Crippen LogP contribution in [0.3, 0.4) is 0 Å². The highest BCUT2D eigenvalue weighted by atomic mass is 16.3. The summed E-state index contributed by atoms with van der Waals surface area (Å²) in [7, 11) is 0. The third-order valence-electron chi connectivity index (χ3n) is 2.67. The summed E-state index contributed by atoms with van der Waals surface area (Å²) in [4.78, 5) is 0. The minimum absolute atomic E-state index is 0.293. The Morgan fingerprint density at radius 3 is 1.80 bits per heavy atom. The Kier molecular flexibility index (Phi) is 2.02. The summed E-state index contributed by atoms with van der Waals surface area (Å²) in [5.41, 5.74) is -0.293. The Labute approximate surface area is 61.9 Å². The minimum Gasteiger partial charge on any atom is -0.392 e. The van der Waals surface area contributed by atoms with E-state index in [0.717, 1.165) is 19.3 Å². The van der Waals surface area contributed by atoms with Crippen molar-refractivity contribution in [1.82, 2.24) is 0 Å². The highest BCUT2D eigenvalue weighted by Crippen LogP contribution is 2.35. The molecule has 0 heterocycles. The van der Waals surface area contributed by atoms with Crippen molar-refractivity contribution in [2.75, 3.05) is 0 Å². The molecule has 2 N–H and O–H groups in total. The van der Waals surface area contributed by atoms with Crippen LogP contribution in [0.5, 0.6) is 0 Å². The molecule has 0 saturated heterocycles. The zero-order chi connectivity index (χ0) is 7.78. The first-order valence-corrected chi connectivity index (χ1v) is 3.91. The number of hydrogen-bond acceptors (Lipinski definition) is 2. The number of hydrogen-bond donors (Lipinski definition) is 2. The third kappa shape index (κ3) is 1.18. The maximum atomic E-state index is 9.45. The lowest BCUT2D eigenvalue weighted by Crippen LogP contribution is -2.43. The van der Waals surface area contributed by atoms with Crippen LogP contribution in [0.25, 0.3) is 0 Å². The van der Waals surface area contributed by atoms with Gasteiger partial charge in [-0.1, -0.05) is 13.8 Å². The van der Waals surface area contributed by atoms with Crippen molar-refractivity contribution >= 4 is 0 Å². The molecule has 1 aliphatic rings. The minimum atomic E-state index is -0.323. The van der Waals surface area contributed by atoms with Gasteiger partial charge in [0.15, 0.2) is 0 Å². The summed E-state index contributed by atoms with van der Waals surface area (Å²) >= 11 is 0. The van der Waals surface area contributed by atoms with Crippen molar-refractivity contribution in [3.63, 3.8) is 0 Å². The summed E-state index contributed by atoms with van der Waals surface area (Å²) in [5.74, 6) is 0. The average Bonchev–Trinajstić information content (AvgIpc) is 1.84. The molecule has 0 aromatic carbocycles. The Morgan fingerprint density at radius 2 is 1.50 bits per heavy atom. The van der Waals surface area contributed by atoms with Gasteiger partial charge in [-0.25, -0.2) is 0 Å². The SMILES string of the molecule is CC1(C)C(O)CCCC1O. The Hall–Kier alpha value is -0.0800. The van der Waals surface area contributed by atoms with Gasteiger partial charge in [0.05, 0.1) is 12.2 Å². The van der Waals surface area contributed by atoms with Gasteiger partial charge in [0.25, 0.3) is 0 Å². The van der Waals surface area contributed by atoms with Crippen LogP contribution in [0, 0.1) is 5.41 Å². The molecule has 1 saturated carbocycles. The Balaban J connectivity index is 2.63. The topological polar surface area (TPSA) is 40.5 Å². The maximum Gasteiger partial charge on any atom is 0.0615 e. The molecule has 0 aromatic heterocycles. The van der Waals surface area contributed by atoms with Crippen LogP contribution in [0.4, 0.5) is 0 Å². The van der Waals surface area contributed by atoms with Gasteiger partial charge >= 0.3 is 0 Å². The lowest BCUT2D eigenvalue weighted by molar-refractivity contribution is -0.0784. The highest BCUT2D eigenvalue weighted by molar-refractivity contribution is 4.88. The molecule has 0 radical (unpaired) electrons. The monoisotopic (exact) mass is 144 g/mol. The summed E-state index contributed by atoms with van der Waals surface area (Å²) in [6.07, 6.45) is 1.98. The van der Waals surface area contributed by atoms with Gasteiger partial charge in [-0.2, -0.15) is 0 Å². The lowest BCUT2D eigenvalue weighted by atomic mass is 9.73. The van der Waals surface area contributed by atoms with Gasteiger partial charge in [-0.3, -0.25) is 0 Å². The zero-order valence-electron chi connectivity index (χ0n) is 6.67. The van der Waals surface area contributed by atoms with E-state index in [0.29, 0.717) is 0 Å². The van der Waals surface area contributed by atoms with Crippen LogP contribution in [-0.4, -0.2) is 22.4 Å². The predicted octanol–water partition coefficient (Wildman–Crippen LogP) is 0.918. The molecule has 10 heavy (non-hydrogen) atoms. The van der Waals surface area contributed by atoms with E-state index in [1.54, 1.807) is 0 Å². The van der Waals surface area contributed by atoms with Crippen LogP contribution in [-0.2, 0) is 0 Å². The van der Waals surface area contributed by atoms with E-state index < -0.39 is 0 Å². The first-order valence-electron chi connectivity index (χ1n) is 3.91. The molecule has 2 atom stereocenters. The molecule has 0 bridgehead atoms. The molecular formula is C8H16O2. The van der Waals surface area contributed by atoms with E-state index in [-0.39, 0.29) is 17.6 Å². The van der Waals surface area contributed by atoms with Gasteiger partial charge in [-0.05, 0) is 19.3 Å². The summed E-state index contributed by atoms with van der Waals surface area (Å²) in [6.45, 7) is 3.84. The van der Waals surface area contributed by atoms with Crippen LogP contribution in [0.2, 0.25) is 0 Å². The van der Waals surface area contributed by atoms with E-state index >= 15 is 0 Å². The molecular weight excluding hydrogens is 128 g/mol. The van der Waals surface area contributed by atoms with E-state index in [4.69, 9.17) is 0 Å². The summed E-state index contributed by atoms with van der Waals surface area (Å²) in [5, 5.41) is 18.9. The Morgan fingerprint density at radius 1 is 1.10 bits per heavy atom. The van der Waals surface area contributed by atoms with Gasteiger partial charge in [0.2, 0.25) is 0 Å². The fourth-order valence-electron chi connectivity index (χ4n) is 1.47. The third-order valence-corrected chi connectivity index (χ3v) is 2.67. The molecule has 0 spiro atoms. The lowest BCUT2D eigenvalue weighted by Gasteiger charge is -2.39. The predicted molar refractivity (Wildman–Crippen MR) is 39.6 cm³/mol. The van der Waals surface area contributed by atoms with E-state index in [9.17, 15) is 10.2 Å². The number of rotatable bonds is 0. The summed E-state index contributed by atoms with van der Waals surface area (Å²) < 4.78 is 0. The first kappa shape index (κ1) is 8.02. The quantitative estimate of drug-likeness (QED) is 0.530. The van der Waals surface area contributed by atoms with Crippen LogP contribution in [0.15, 0.2) is 0 Å². The number of aliphatic hydroxyl groups excluding tert-OH is 2. The zero-order valence-corrected chi connectivity index (χ0v) is 6.67. The van der Waals surface area contributed by atoms with Crippen LogP contribution >= 0.6 is 0 Å². The van der Waals surface area contributed by atoms with Crippen molar-refractivity contribution in [3.8, 4) is 0 Å². The molecule has 0 aromatic rings. The van der Waals surface area contributed by atoms with Crippen molar-refractivity contribution in [2.45, 2.75) is 45.3 Å². The maximum absolute atomic E-state index is 9.45. The Bertz CT molecular complexity index is 108. The fraction of sp³-hybridized carbons (Fsp3) is 1.00. The van der Waals surface area contributed by atoms with Crippen LogP contribution < -0.4 is 0 Å². The molecule has 0 amide bonds. The van der Waals surface area contributed by atoms with Gasteiger partial charge in [0.1, 0.15) is 0 Å².